The third-order valence-corrected chi connectivity index (χ3v) is 3.66. The third-order valence-electron chi connectivity index (χ3n) is 3.66. The highest BCUT2D eigenvalue weighted by atomic mass is 16.3. The maximum Gasteiger partial charge on any atom is 0.115 e. The quantitative estimate of drug-likeness (QED) is 0.723. The van der Waals surface area contributed by atoms with Crippen LogP contribution in [0.4, 0.5) is 5.69 Å². The van der Waals surface area contributed by atoms with E-state index in [1.165, 1.54) is 11.1 Å². The number of anilines is 1. The zero-order chi connectivity index (χ0) is 13.2. The van der Waals surface area contributed by atoms with E-state index in [9.17, 15) is 10.2 Å². The average molecular weight is 255 g/mol. The van der Waals surface area contributed by atoms with Crippen molar-refractivity contribution in [3.63, 3.8) is 0 Å². The lowest BCUT2D eigenvalue weighted by Gasteiger charge is -2.26. The minimum Gasteiger partial charge on any atom is -0.508 e. The molecule has 0 aliphatic heterocycles. The van der Waals surface area contributed by atoms with E-state index in [0.29, 0.717) is 11.8 Å². The standard InChI is InChI=1S/C16H17NO2/c18-15-7-4-13(5-8-15)17-14-3-1-12-10-16(19)6-2-11(12)9-14/h2,4-8,10,14,17-19H,1,3,9H2. The zero-order valence-corrected chi connectivity index (χ0v) is 10.6. The Kier molecular flexibility index (Phi) is 3.03. The summed E-state index contributed by atoms with van der Waals surface area (Å²) >= 11 is 0. The molecule has 98 valence electrons. The van der Waals surface area contributed by atoms with Gasteiger partial charge in [-0.2, -0.15) is 0 Å². The van der Waals surface area contributed by atoms with Crippen molar-refractivity contribution in [2.24, 2.45) is 0 Å². The summed E-state index contributed by atoms with van der Waals surface area (Å²) in [5.41, 5.74) is 3.59. The monoisotopic (exact) mass is 255 g/mol. The number of rotatable bonds is 2. The van der Waals surface area contributed by atoms with E-state index in [0.717, 1.165) is 24.9 Å². The Hall–Kier alpha value is -2.16. The van der Waals surface area contributed by atoms with E-state index < -0.39 is 0 Å². The fourth-order valence-electron chi connectivity index (χ4n) is 2.66. The molecular weight excluding hydrogens is 238 g/mol. The van der Waals surface area contributed by atoms with E-state index in [2.05, 4.69) is 5.32 Å². The van der Waals surface area contributed by atoms with Crippen LogP contribution in [0.25, 0.3) is 0 Å². The highest BCUT2D eigenvalue weighted by molar-refractivity contribution is 5.48. The molecule has 0 bridgehead atoms. The van der Waals surface area contributed by atoms with Crippen LogP contribution in [0.15, 0.2) is 42.5 Å². The molecule has 3 heteroatoms. The third kappa shape index (κ3) is 2.65. The van der Waals surface area contributed by atoms with Gasteiger partial charge in [-0.05, 0) is 66.8 Å². The van der Waals surface area contributed by atoms with Crippen molar-refractivity contribution in [3.05, 3.63) is 53.6 Å². The van der Waals surface area contributed by atoms with Gasteiger partial charge >= 0.3 is 0 Å². The Balaban J connectivity index is 1.72. The number of hydrogen-bond donors (Lipinski definition) is 3. The first-order chi connectivity index (χ1) is 9.20. The predicted octanol–water partition coefficient (Wildman–Crippen LogP) is 3.07. The fourth-order valence-corrected chi connectivity index (χ4v) is 2.66. The van der Waals surface area contributed by atoms with E-state index in [1.807, 2.05) is 24.3 Å². The van der Waals surface area contributed by atoms with Gasteiger partial charge in [-0.25, -0.2) is 0 Å². The fraction of sp³-hybridized carbons (Fsp3) is 0.250. The molecule has 3 rings (SSSR count). The van der Waals surface area contributed by atoms with Gasteiger partial charge in [-0.3, -0.25) is 0 Å². The van der Waals surface area contributed by atoms with Crippen LogP contribution in [-0.4, -0.2) is 16.3 Å². The van der Waals surface area contributed by atoms with E-state index in [4.69, 9.17) is 0 Å². The number of benzene rings is 2. The Morgan fingerprint density at radius 1 is 0.895 bits per heavy atom. The highest BCUT2D eigenvalue weighted by Crippen LogP contribution is 2.27. The molecule has 0 saturated carbocycles. The largest absolute Gasteiger partial charge is 0.508 e. The summed E-state index contributed by atoms with van der Waals surface area (Å²) in [7, 11) is 0. The number of nitrogens with one attached hydrogen (secondary N) is 1. The lowest BCUT2D eigenvalue weighted by Crippen LogP contribution is -2.27. The first-order valence-corrected chi connectivity index (χ1v) is 6.57. The van der Waals surface area contributed by atoms with Gasteiger partial charge in [0.25, 0.3) is 0 Å². The lowest BCUT2D eigenvalue weighted by atomic mass is 9.88. The Morgan fingerprint density at radius 2 is 1.63 bits per heavy atom. The smallest absolute Gasteiger partial charge is 0.115 e. The highest BCUT2D eigenvalue weighted by Gasteiger charge is 2.18. The predicted molar refractivity (Wildman–Crippen MR) is 75.6 cm³/mol. The van der Waals surface area contributed by atoms with E-state index in [1.54, 1.807) is 18.2 Å². The maximum atomic E-state index is 9.48. The van der Waals surface area contributed by atoms with Gasteiger partial charge in [0.1, 0.15) is 11.5 Å². The number of aryl methyl sites for hydroxylation is 1. The molecule has 1 atom stereocenters. The van der Waals surface area contributed by atoms with E-state index >= 15 is 0 Å². The van der Waals surface area contributed by atoms with Gasteiger partial charge in [0.2, 0.25) is 0 Å². The Labute approximate surface area is 112 Å². The molecule has 0 heterocycles. The molecule has 1 aliphatic carbocycles. The van der Waals surface area contributed by atoms with Crippen LogP contribution in [0.1, 0.15) is 17.5 Å². The number of phenolic OH excluding ortho intramolecular Hbond substituents is 2. The first kappa shape index (κ1) is 11.9. The zero-order valence-electron chi connectivity index (χ0n) is 10.6. The average Bonchev–Trinajstić information content (AvgIpc) is 2.42. The van der Waals surface area contributed by atoms with Crippen LogP contribution in [0, 0.1) is 0 Å². The molecule has 2 aromatic carbocycles. The summed E-state index contributed by atoms with van der Waals surface area (Å²) in [4.78, 5) is 0. The van der Waals surface area contributed by atoms with Crippen molar-refractivity contribution in [2.45, 2.75) is 25.3 Å². The molecule has 0 aromatic heterocycles. The molecule has 19 heavy (non-hydrogen) atoms. The van der Waals surface area contributed by atoms with Gasteiger partial charge in [-0.1, -0.05) is 6.07 Å². The molecule has 1 unspecified atom stereocenters. The summed E-state index contributed by atoms with van der Waals surface area (Å²) in [6, 6.07) is 13.2. The molecule has 0 fully saturated rings. The molecule has 3 N–H and O–H groups in total. The SMILES string of the molecule is Oc1ccc(NC2CCc3cc(O)ccc3C2)cc1. The van der Waals surface area contributed by atoms with E-state index in [-0.39, 0.29) is 5.75 Å². The number of hydrogen-bond acceptors (Lipinski definition) is 3. The van der Waals surface area contributed by atoms with Crippen LogP contribution >= 0.6 is 0 Å². The number of aromatic hydroxyl groups is 2. The maximum absolute atomic E-state index is 9.48. The summed E-state index contributed by atoms with van der Waals surface area (Å²) < 4.78 is 0. The Bertz CT molecular complexity index is 578. The molecule has 0 saturated heterocycles. The normalized spacial score (nSPS) is 17.8. The van der Waals surface area contributed by atoms with Crippen LogP contribution in [-0.2, 0) is 12.8 Å². The molecule has 0 radical (unpaired) electrons. The van der Waals surface area contributed by atoms with Gasteiger partial charge in [-0.15, -0.1) is 0 Å². The van der Waals surface area contributed by atoms with Crippen LogP contribution in [0.3, 0.4) is 0 Å². The van der Waals surface area contributed by atoms with Crippen molar-refractivity contribution in [2.75, 3.05) is 5.32 Å². The minimum atomic E-state index is 0.287. The van der Waals surface area contributed by atoms with Gasteiger partial charge in [0, 0.05) is 11.7 Å². The second-order valence-electron chi connectivity index (χ2n) is 5.08. The van der Waals surface area contributed by atoms with Crippen molar-refractivity contribution in [1.82, 2.24) is 0 Å². The molecule has 1 aliphatic rings. The molecule has 0 amide bonds. The summed E-state index contributed by atoms with van der Waals surface area (Å²) in [5.74, 6) is 0.638. The summed E-state index contributed by atoms with van der Waals surface area (Å²) in [6.45, 7) is 0. The van der Waals surface area contributed by atoms with Crippen LogP contribution in [0.2, 0.25) is 0 Å². The number of phenols is 2. The first-order valence-electron chi connectivity index (χ1n) is 6.57. The lowest BCUT2D eigenvalue weighted by molar-refractivity contribution is 0.472. The summed E-state index contributed by atoms with van der Waals surface area (Å²) in [5, 5.41) is 22.2. The molecule has 2 aromatic rings. The van der Waals surface area contributed by atoms with Gasteiger partial charge in [0.05, 0.1) is 0 Å². The van der Waals surface area contributed by atoms with Crippen molar-refractivity contribution in [3.8, 4) is 11.5 Å². The minimum absolute atomic E-state index is 0.287. The van der Waals surface area contributed by atoms with Crippen LogP contribution in [0.5, 0.6) is 11.5 Å². The Morgan fingerprint density at radius 3 is 2.42 bits per heavy atom. The molecule has 3 nitrogen and oxygen atoms in total. The van der Waals surface area contributed by atoms with Crippen molar-refractivity contribution in [1.29, 1.82) is 0 Å². The summed E-state index contributed by atoms with van der Waals surface area (Å²) in [6.07, 6.45) is 3.01. The topological polar surface area (TPSA) is 52.5 Å². The second kappa shape index (κ2) is 4.84. The van der Waals surface area contributed by atoms with Gasteiger partial charge in [0.15, 0.2) is 0 Å². The molecular formula is C16H17NO2. The van der Waals surface area contributed by atoms with Gasteiger partial charge < -0.3 is 15.5 Å². The van der Waals surface area contributed by atoms with Crippen LogP contribution < -0.4 is 5.32 Å². The number of fused-ring (bicyclic) bond motifs is 1. The second-order valence-corrected chi connectivity index (χ2v) is 5.08. The van der Waals surface area contributed by atoms with Crippen molar-refractivity contribution < 1.29 is 10.2 Å². The van der Waals surface area contributed by atoms with Crippen molar-refractivity contribution >= 4 is 5.69 Å². The molecule has 0 spiro atoms.